The summed E-state index contributed by atoms with van der Waals surface area (Å²) in [5, 5.41) is 12.2. The molecule has 2 amide bonds. The van der Waals surface area contributed by atoms with E-state index in [1.165, 1.54) is 4.90 Å². The molecule has 3 aromatic rings. The number of anilines is 4. The Morgan fingerprint density at radius 3 is 2.59 bits per heavy atom. The first-order valence-corrected chi connectivity index (χ1v) is 10.5. The molecule has 0 saturated heterocycles. The maximum Gasteiger partial charge on any atom is 0.417 e. The first kappa shape index (κ1) is 23.4. The topological polar surface area (TPSA) is 124 Å². The molecule has 0 aromatic carbocycles. The first-order valence-electron chi connectivity index (χ1n) is 9.74. The van der Waals surface area contributed by atoms with Crippen molar-refractivity contribution in [3.05, 3.63) is 35.7 Å². The highest BCUT2D eigenvalue weighted by Gasteiger charge is 2.42. The number of carbonyl (C=O) groups excluding carboxylic acids is 1. The average Bonchev–Trinajstić information content (AvgIpc) is 3.30. The number of carbonyl (C=O) groups is 2. The summed E-state index contributed by atoms with van der Waals surface area (Å²) in [5.41, 5.74) is -0.296. The zero-order valence-corrected chi connectivity index (χ0v) is 19.1. The van der Waals surface area contributed by atoms with Gasteiger partial charge in [-0.05, 0) is 31.5 Å². The summed E-state index contributed by atoms with van der Waals surface area (Å²) < 4.78 is 43.5. The molecule has 4 rings (SSSR count). The highest BCUT2D eigenvalue weighted by atomic mass is 32.1. The lowest BCUT2D eigenvalue weighted by atomic mass is 9.86. The molecule has 1 aliphatic rings. The maximum absolute atomic E-state index is 13.1. The van der Waals surface area contributed by atoms with Gasteiger partial charge in [-0.2, -0.15) is 22.5 Å². The number of aromatic nitrogens is 4. The van der Waals surface area contributed by atoms with Crippen LogP contribution in [0.3, 0.4) is 0 Å². The number of nitrogens with one attached hydrogen (secondary N) is 1. The van der Waals surface area contributed by atoms with Crippen molar-refractivity contribution in [2.24, 2.45) is 0 Å². The quantitative estimate of drug-likeness (QED) is 0.556. The van der Waals surface area contributed by atoms with Crippen molar-refractivity contribution in [2.45, 2.75) is 25.4 Å². The summed E-state index contributed by atoms with van der Waals surface area (Å²) in [7, 11) is 2.77. The SMILES string of the molecule is CN1C(=O)C(C)(C)c2cc(-c3nsc(Nc4ncc(C(F)(F)F)cc4N(C)C(=O)O)n3)ncc21. The first-order chi connectivity index (χ1) is 15.8. The van der Waals surface area contributed by atoms with Gasteiger partial charge in [-0.1, -0.05) is 0 Å². The van der Waals surface area contributed by atoms with Gasteiger partial charge in [-0.25, -0.2) is 9.78 Å². The van der Waals surface area contributed by atoms with Crippen molar-refractivity contribution in [2.75, 3.05) is 29.2 Å². The summed E-state index contributed by atoms with van der Waals surface area (Å²) in [4.78, 5) is 38.4. The van der Waals surface area contributed by atoms with Crippen molar-refractivity contribution in [1.29, 1.82) is 0 Å². The molecule has 0 fully saturated rings. The van der Waals surface area contributed by atoms with Crippen LogP contribution in [0.4, 0.5) is 40.3 Å². The highest BCUT2D eigenvalue weighted by Crippen LogP contribution is 2.42. The van der Waals surface area contributed by atoms with Gasteiger partial charge in [0.25, 0.3) is 0 Å². The zero-order chi connectivity index (χ0) is 25.0. The normalized spacial score (nSPS) is 14.8. The Hall–Kier alpha value is -3.81. The fourth-order valence-electron chi connectivity index (χ4n) is 3.52. The van der Waals surface area contributed by atoms with Gasteiger partial charge in [0.1, 0.15) is 5.69 Å². The minimum atomic E-state index is -4.70. The van der Waals surface area contributed by atoms with E-state index in [1.807, 2.05) is 0 Å². The highest BCUT2D eigenvalue weighted by molar-refractivity contribution is 7.09. The third-order valence-electron chi connectivity index (χ3n) is 5.48. The Kier molecular flexibility index (Phi) is 5.43. The molecule has 178 valence electrons. The largest absolute Gasteiger partial charge is 0.465 e. The molecular weight excluding hydrogens is 475 g/mol. The molecular formula is C20H18F3N7O3S. The maximum atomic E-state index is 13.1. The van der Waals surface area contributed by atoms with Crippen LogP contribution in [0.15, 0.2) is 24.5 Å². The molecule has 1 aliphatic heterocycles. The van der Waals surface area contributed by atoms with E-state index in [0.717, 1.165) is 24.1 Å². The number of carboxylic acid groups (broad SMARTS) is 1. The summed E-state index contributed by atoms with van der Waals surface area (Å²) in [6.45, 7) is 3.61. The molecule has 0 atom stereocenters. The van der Waals surface area contributed by atoms with Crippen molar-refractivity contribution in [3.8, 4) is 11.5 Å². The number of hydrogen-bond acceptors (Lipinski definition) is 8. The summed E-state index contributed by atoms with van der Waals surface area (Å²) in [6.07, 6.45) is -4.01. The molecule has 0 unspecified atom stereocenters. The van der Waals surface area contributed by atoms with Crippen LogP contribution < -0.4 is 15.1 Å². The predicted octanol–water partition coefficient (Wildman–Crippen LogP) is 4.13. The Labute approximate surface area is 195 Å². The fraction of sp³-hybridized carbons (Fsp3) is 0.300. The van der Waals surface area contributed by atoms with E-state index < -0.39 is 23.2 Å². The fourth-order valence-corrected chi connectivity index (χ4v) is 4.10. The Morgan fingerprint density at radius 1 is 1.24 bits per heavy atom. The molecule has 0 aliphatic carbocycles. The Morgan fingerprint density at radius 2 is 1.94 bits per heavy atom. The van der Waals surface area contributed by atoms with Crippen LogP contribution in [0.25, 0.3) is 11.5 Å². The molecule has 0 spiro atoms. The number of halogens is 3. The van der Waals surface area contributed by atoms with Crippen LogP contribution >= 0.6 is 11.5 Å². The van der Waals surface area contributed by atoms with Crippen LogP contribution in [-0.2, 0) is 16.4 Å². The van der Waals surface area contributed by atoms with E-state index in [-0.39, 0.29) is 28.4 Å². The van der Waals surface area contributed by atoms with Gasteiger partial charge in [-0.3, -0.25) is 14.7 Å². The van der Waals surface area contributed by atoms with Gasteiger partial charge in [0.2, 0.25) is 11.0 Å². The second-order valence-electron chi connectivity index (χ2n) is 8.06. The van der Waals surface area contributed by atoms with Crippen LogP contribution in [-0.4, -0.2) is 50.5 Å². The lowest BCUT2D eigenvalue weighted by Gasteiger charge is -2.18. The number of hydrogen-bond donors (Lipinski definition) is 2. The molecule has 0 bridgehead atoms. The lowest BCUT2D eigenvalue weighted by Crippen LogP contribution is -2.33. The van der Waals surface area contributed by atoms with Gasteiger partial charge >= 0.3 is 12.3 Å². The van der Waals surface area contributed by atoms with Crippen LogP contribution in [0.1, 0.15) is 25.0 Å². The molecule has 34 heavy (non-hydrogen) atoms. The monoisotopic (exact) mass is 493 g/mol. The van der Waals surface area contributed by atoms with Crippen LogP contribution in [0, 0.1) is 0 Å². The van der Waals surface area contributed by atoms with E-state index in [0.29, 0.717) is 28.5 Å². The van der Waals surface area contributed by atoms with Gasteiger partial charge < -0.3 is 15.3 Å². The van der Waals surface area contributed by atoms with E-state index >= 15 is 0 Å². The van der Waals surface area contributed by atoms with Crippen LogP contribution in [0.5, 0.6) is 0 Å². The number of pyridine rings is 2. The van der Waals surface area contributed by atoms with Crippen molar-refractivity contribution in [1.82, 2.24) is 19.3 Å². The van der Waals surface area contributed by atoms with E-state index in [2.05, 4.69) is 24.6 Å². The standard InChI is InChI=1S/C20H18F3N7O3S/c1-19(2)10-6-11(24-8-13(10)29(3)16(19)31)14-26-17(34-28-14)27-15-12(30(4)18(32)33)5-9(7-25-15)20(21,22)23/h5-8H,1-4H3,(H,32,33)(H,25,26,27,28). The minimum Gasteiger partial charge on any atom is -0.465 e. The summed E-state index contributed by atoms with van der Waals surface area (Å²) >= 11 is 0.894. The number of nitrogens with zero attached hydrogens (tertiary/aromatic N) is 6. The molecule has 0 saturated carbocycles. The summed E-state index contributed by atoms with van der Waals surface area (Å²) in [5.74, 6) is 0.0162. The minimum absolute atomic E-state index is 0.0708. The van der Waals surface area contributed by atoms with Crippen molar-refractivity contribution < 1.29 is 27.9 Å². The van der Waals surface area contributed by atoms with Crippen molar-refractivity contribution >= 4 is 45.9 Å². The summed E-state index contributed by atoms with van der Waals surface area (Å²) in [6, 6.07) is 2.41. The lowest BCUT2D eigenvalue weighted by molar-refractivity contribution is -0.137. The Balaban J connectivity index is 1.67. The van der Waals surface area contributed by atoms with E-state index in [9.17, 15) is 27.9 Å². The molecule has 2 N–H and O–H groups in total. The number of rotatable bonds is 4. The second-order valence-corrected chi connectivity index (χ2v) is 8.81. The zero-order valence-electron chi connectivity index (χ0n) is 18.3. The van der Waals surface area contributed by atoms with E-state index in [1.54, 1.807) is 33.2 Å². The predicted molar refractivity (Wildman–Crippen MR) is 119 cm³/mol. The van der Waals surface area contributed by atoms with Gasteiger partial charge in [0.05, 0.1) is 28.6 Å². The molecule has 4 heterocycles. The number of likely N-dealkylation sites (N-methyl/N-ethyl adjacent to an activating group) is 1. The van der Waals surface area contributed by atoms with Crippen molar-refractivity contribution in [3.63, 3.8) is 0 Å². The number of fused-ring (bicyclic) bond motifs is 1. The third kappa shape index (κ3) is 3.89. The van der Waals surface area contributed by atoms with Gasteiger partial charge in [0, 0.05) is 31.8 Å². The second kappa shape index (κ2) is 7.90. The van der Waals surface area contributed by atoms with Gasteiger partial charge in [0.15, 0.2) is 11.6 Å². The third-order valence-corrected chi connectivity index (χ3v) is 6.11. The molecule has 14 heteroatoms. The average molecular weight is 493 g/mol. The number of amides is 2. The number of alkyl halides is 3. The van der Waals surface area contributed by atoms with E-state index in [4.69, 9.17) is 0 Å². The molecule has 3 aromatic heterocycles. The molecule has 0 radical (unpaired) electrons. The smallest absolute Gasteiger partial charge is 0.417 e. The Bertz CT molecular complexity index is 1310. The van der Waals surface area contributed by atoms with Gasteiger partial charge in [-0.15, -0.1) is 0 Å². The van der Waals surface area contributed by atoms with Crippen LogP contribution in [0.2, 0.25) is 0 Å². The molecule has 10 nitrogen and oxygen atoms in total.